The van der Waals surface area contributed by atoms with Gasteiger partial charge in [0.05, 0.1) is 22.5 Å². The van der Waals surface area contributed by atoms with Crippen molar-refractivity contribution in [3.8, 4) is 0 Å². The van der Waals surface area contributed by atoms with Crippen LogP contribution in [0.25, 0.3) is 17.0 Å². The van der Waals surface area contributed by atoms with Crippen LogP contribution >= 0.6 is 11.6 Å². The molecule has 6 heteroatoms. The lowest BCUT2D eigenvalue weighted by molar-refractivity contribution is -0.111. The number of carbonyl (C=O) groups is 2. The molecule has 0 radical (unpaired) electrons. The summed E-state index contributed by atoms with van der Waals surface area (Å²) in [5, 5.41) is 4.13. The highest BCUT2D eigenvalue weighted by atomic mass is 35.5. The van der Waals surface area contributed by atoms with E-state index in [0.29, 0.717) is 33.8 Å². The number of rotatable bonds is 3. The molecule has 3 aromatic rings. The lowest BCUT2D eigenvalue weighted by Crippen LogP contribution is -2.16. The third-order valence-corrected chi connectivity index (χ3v) is 5.01. The number of Topliss-reactive ketones (excluding diaryl/α,β-unsaturated/α-hetero) is 1. The van der Waals surface area contributed by atoms with Crippen molar-refractivity contribution in [2.24, 2.45) is 0 Å². The summed E-state index contributed by atoms with van der Waals surface area (Å²) in [5.41, 5.74) is 10.2. The summed E-state index contributed by atoms with van der Waals surface area (Å²) >= 11 is 5.86. The summed E-state index contributed by atoms with van der Waals surface area (Å²) in [6, 6.07) is 12.5. The van der Waals surface area contributed by atoms with E-state index in [0.717, 1.165) is 29.6 Å². The highest BCUT2D eigenvalue weighted by Crippen LogP contribution is 2.32. The number of nitrogens with one attached hydrogen (secondary N) is 1. The number of ketones is 1. The molecule has 0 bridgehead atoms. The van der Waals surface area contributed by atoms with E-state index in [1.807, 2.05) is 18.2 Å². The molecule has 1 amide bonds. The van der Waals surface area contributed by atoms with E-state index >= 15 is 0 Å². The number of amides is 1. The predicted molar refractivity (Wildman–Crippen MR) is 113 cm³/mol. The van der Waals surface area contributed by atoms with Crippen LogP contribution in [0.1, 0.15) is 34.5 Å². The molecule has 2 aromatic carbocycles. The maximum absolute atomic E-state index is 12.2. The molecule has 1 aliphatic carbocycles. The van der Waals surface area contributed by atoms with Crippen molar-refractivity contribution in [3.63, 3.8) is 0 Å². The van der Waals surface area contributed by atoms with Gasteiger partial charge in [-0.05, 0) is 54.8 Å². The smallest absolute Gasteiger partial charge is 0.248 e. The zero-order valence-electron chi connectivity index (χ0n) is 15.0. The van der Waals surface area contributed by atoms with Gasteiger partial charge in [0.15, 0.2) is 5.78 Å². The number of nitrogens with zero attached hydrogens (tertiary/aromatic N) is 1. The van der Waals surface area contributed by atoms with Gasteiger partial charge in [0.1, 0.15) is 0 Å². The molecule has 0 fully saturated rings. The summed E-state index contributed by atoms with van der Waals surface area (Å²) in [5.74, 6) is -0.233. The molecule has 0 aliphatic heterocycles. The van der Waals surface area contributed by atoms with Gasteiger partial charge in [-0.3, -0.25) is 14.6 Å². The first-order chi connectivity index (χ1) is 13.5. The molecule has 3 N–H and O–H groups in total. The normalized spacial score (nSPS) is 13.7. The largest absolute Gasteiger partial charge is 0.398 e. The van der Waals surface area contributed by atoms with Crippen molar-refractivity contribution < 1.29 is 9.59 Å². The topological polar surface area (TPSA) is 85.1 Å². The molecular formula is C22H18ClN3O2. The van der Waals surface area contributed by atoms with Gasteiger partial charge in [0, 0.05) is 28.6 Å². The number of aryl methyl sites for hydroxylation is 1. The number of anilines is 2. The molecule has 1 aromatic heterocycles. The lowest BCUT2D eigenvalue weighted by Gasteiger charge is -2.18. The van der Waals surface area contributed by atoms with Crippen LogP contribution in [0.3, 0.4) is 0 Å². The lowest BCUT2D eigenvalue weighted by atomic mass is 9.92. The molecule has 0 unspecified atom stereocenters. The van der Waals surface area contributed by atoms with E-state index in [4.69, 9.17) is 17.3 Å². The van der Waals surface area contributed by atoms with E-state index in [1.54, 1.807) is 30.3 Å². The van der Waals surface area contributed by atoms with Crippen molar-refractivity contribution >= 4 is 51.6 Å². The zero-order valence-corrected chi connectivity index (χ0v) is 15.8. The Bertz CT molecular complexity index is 1120. The van der Waals surface area contributed by atoms with Gasteiger partial charge in [-0.25, -0.2) is 0 Å². The average molecular weight is 392 g/mol. The summed E-state index contributed by atoms with van der Waals surface area (Å²) < 4.78 is 0. The Morgan fingerprint density at radius 2 is 1.93 bits per heavy atom. The number of aromatic nitrogens is 1. The number of halogens is 1. The Balaban J connectivity index is 1.59. The Labute approximate surface area is 167 Å². The molecule has 0 atom stereocenters. The monoisotopic (exact) mass is 391 g/mol. The first kappa shape index (κ1) is 18.2. The number of carbonyl (C=O) groups excluding carboxylic acids is 2. The van der Waals surface area contributed by atoms with Crippen LogP contribution in [-0.4, -0.2) is 16.7 Å². The van der Waals surface area contributed by atoms with Crippen molar-refractivity contribution in [2.45, 2.75) is 19.3 Å². The van der Waals surface area contributed by atoms with Crippen LogP contribution in [0, 0.1) is 0 Å². The third kappa shape index (κ3) is 3.62. The zero-order chi connectivity index (χ0) is 19.7. The predicted octanol–water partition coefficient (Wildman–Crippen LogP) is 4.64. The molecule has 140 valence electrons. The number of nitrogen functional groups attached to an aromatic ring is 1. The van der Waals surface area contributed by atoms with E-state index in [2.05, 4.69) is 10.3 Å². The van der Waals surface area contributed by atoms with Gasteiger partial charge in [0.2, 0.25) is 5.91 Å². The number of nitrogens with two attached hydrogens (primary N) is 1. The third-order valence-electron chi connectivity index (χ3n) is 4.76. The van der Waals surface area contributed by atoms with Crippen molar-refractivity contribution in [1.82, 2.24) is 4.98 Å². The quantitative estimate of drug-likeness (QED) is 0.637. The van der Waals surface area contributed by atoms with Crippen LogP contribution in [0.5, 0.6) is 0 Å². The molecule has 28 heavy (non-hydrogen) atoms. The van der Waals surface area contributed by atoms with Gasteiger partial charge >= 0.3 is 0 Å². The van der Waals surface area contributed by atoms with Crippen LogP contribution in [0.2, 0.25) is 5.02 Å². The summed E-state index contributed by atoms with van der Waals surface area (Å²) in [7, 11) is 0. The molecule has 1 aliphatic rings. The van der Waals surface area contributed by atoms with Crippen molar-refractivity contribution in [3.05, 3.63) is 70.4 Å². The minimum absolute atomic E-state index is 0.0356. The fourth-order valence-corrected chi connectivity index (χ4v) is 3.51. The van der Waals surface area contributed by atoms with Gasteiger partial charge < -0.3 is 11.1 Å². The summed E-state index contributed by atoms with van der Waals surface area (Å²) in [6.07, 6.45) is 5.21. The second-order valence-electron chi connectivity index (χ2n) is 6.73. The maximum atomic E-state index is 12.2. The second-order valence-corrected chi connectivity index (χ2v) is 7.17. The first-order valence-electron chi connectivity index (χ1n) is 9.01. The highest BCUT2D eigenvalue weighted by molar-refractivity contribution is 6.30. The van der Waals surface area contributed by atoms with Gasteiger partial charge in [-0.15, -0.1) is 0 Å². The average Bonchev–Trinajstić information content (AvgIpc) is 2.68. The van der Waals surface area contributed by atoms with Gasteiger partial charge in [-0.2, -0.15) is 0 Å². The standard InChI is InChI=1S/C22H18ClN3O2/c23-14-7-4-13(5-8-14)6-11-20(28)25-15-9-10-17-16(12-15)22(24)21-18(26-17)2-1-3-19(21)27/h4-12H,1-3H2,(H2,24,26)(H,25,28)/b11-6+. The molecular weight excluding hydrogens is 374 g/mol. The second kappa shape index (κ2) is 7.44. The SMILES string of the molecule is Nc1c2c(nc3ccc(NC(=O)/C=C/c4ccc(Cl)cc4)cc13)CCCC2=O. The van der Waals surface area contributed by atoms with Gasteiger partial charge in [-0.1, -0.05) is 23.7 Å². The Hall–Kier alpha value is -3.18. The van der Waals surface area contributed by atoms with Gasteiger partial charge in [0.25, 0.3) is 0 Å². The molecule has 1 heterocycles. The number of fused-ring (bicyclic) bond motifs is 2. The minimum Gasteiger partial charge on any atom is -0.398 e. The molecule has 5 nitrogen and oxygen atoms in total. The number of hydrogen-bond acceptors (Lipinski definition) is 4. The molecule has 0 saturated carbocycles. The molecule has 0 spiro atoms. The van der Waals surface area contributed by atoms with E-state index in [1.165, 1.54) is 6.08 Å². The van der Waals surface area contributed by atoms with E-state index < -0.39 is 0 Å². The fraction of sp³-hybridized carbons (Fsp3) is 0.136. The van der Waals surface area contributed by atoms with Crippen molar-refractivity contribution in [2.75, 3.05) is 11.1 Å². The van der Waals surface area contributed by atoms with Crippen LogP contribution in [0.4, 0.5) is 11.4 Å². The maximum Gasteiger partial charge on any atom is 0.248 e. The molecule has 4 rings (SSSR count). The van der Waals surface area contributed by atoms with Crippen molar-refractivity contribution in [1.29, 1.82) is 0 Å². The minimum atomic E-state index is -0.269. The van der Waals surface area contributed by atoms with E-state index in [9.17, 15) is 9.59 Å². The molecule has 0 saturated heterocycles. The highest BCUT2D eigenvalue weighted by Gasteiger charge is 2.23. The Morgan fingerprint density at radius 1 is 1.14 bits per heavy atom. The number of hydrogen-bond donors (Lipinski definition) is 2. The number of benzene rings is 2. The van der Waals surface area contributed by atoms with E-state index in [-0.39, 0.29) is 11.7 Å². The Morgan fingerprint density at radius 3 is 2.71 bits per heavy atom. The number of pyridine rings is 1. The first-order valence-corrected chi connectivity index (χ1v) is 9.39. The summed E-state index contributed by atoms with van der Waals surface area (Å²) in [4.78, 5) is 29.1. The van der Waals surface area contributed by atoms with Crippen LogP contribution in [0.15, 0.2) is 48.5 Å². The van der Waals surface area contributed by atoms with Crippen LogP contribution in [-0.2, 0) is 11.2 Å². The van der Waals surface area contributed by atoms with Crippen LogP contribution < -0.4 is 11.1 Å². The Kier molecular flexibility index (Phi) is 4.84. The summed E-state index contributed by atoms with van der Waals surface area (Å²) in [6.45, 7) is 0. The fourth-order valence-electron chi connectivity index (χ4n) is 3.38.